The number of hydrogen-bond donors (Lipinski definition) is 2. The van der Waals surface area contributed by atoms with Gasteiger partial charge >= 0.3 is 5.97 Å². The topological polar surface area (TPSA) is 123 Å². The van der Waals surface area contributed by atoms with E-state index in [-0.39, 0.29) is 24.6 Å². The summed E-state index contributed by atoms with van der Waals surface area (Å²) in [5.41, 5.74) is 3.66. The van der Waals surface area contributed by atoms with Gasteiger partial charge in [0.05, 0.1) is 32.7 Å². The van der Waals surface area contributed by atoms with Gasteiger partial charge < -0.3 is 19.5 Å². The third-order valence-electron chi connectivity index (χ3n) is 5.36. The smallest absolute Gasteiger partial charge is 0.311 e. The number of methoxy groups -OCH3 is 2. The summed E-state index contributed by atoms with van der Waals surface area (Å²) in [6.45, 7) is 1.31. The summed E-state index contributed by atoms with van der Waals surface area (Å²) in [5.74, 6) is -2.08. The van der Waals surface area contributed by atoms with Crippen LogP contribution in [0.25, 0.3) is 0 Å². The lowest BCUT2D eigenvalue weighted by Gasteiger charge is -2.18. The molecular weight excluding hydrogens is 442 g/mol. The number of nitrogens with one attached hydrogen (secondary N) is 2. The van der Waals surface area contributed by atoms with Crippen LogP contribution in [0.4, 0.5) is 0 Å². The summed E-state index contributed by atoms with van der Waals surface area (Å²) >= 11 is 0. The summed E-state index contributed by atoms with van der Waals surface area (Å²) in [7, 11) is 2.93. The van der Waals surface area contributed by atoms with Crippen LogP contribution < -0.4 is 20.2 Å². The number of benzene rings is 2. The van der Waals surface area contributed by atoms with Gasteiger partial charge in [0.15, 0.2) is 18.1 Å². The molecule has 180 valence electrons. The lowest BCUT2D eigenvalue weighted by Crippen LogP contribution is -2.43. The number of esters is 1. The van der Waals surface area contributed by atoms with Crippen molar-refractivity contribution in [2.75, 3.05) is 27.4 Å². The second kappa shape index (κ2) is 11.2. The van der Waals surface area contributed by atoms with Crippen molar-refractivity contribution in [2.24, 2.45) is 5.92 Å². The lowest BCUT2D eigenvalue weighted by molar-refractivity contribution is -0.152. The van der Waals surface area contributed by atoms with Crippen LogP contribution in [0.1, 0.15) is 35.3 Å². The van der Waals surface area contributed by atoms with E-state index in [1.54, 1.807) is 6.07 Å². The van der Waals surface area contributed by atoms with Gasteiger partial charge in [0, 0.05) is 12.0 Å². The van der Waals surface area contributed by atoms with E-state index >= 15 is 0 Å². The number of carbonyl (C=O) groups is 4. The Labute approximate surface area is 197 Å². The van der Waals surface area contributed by atoms with Gasteiger partial charge in [-0.25, -0.2) is 0 Å². The Bertz CT molecular complexity index is 1060. The second-order valence-corrected chi connectivity index (χ2v) is 7.72. The molecule has 34 heavy (non-hydrogen) atoms. The SMILES string of the molecule is COc1ccc(C(=O)NN2C[C@@H](C(=O)OCC(=O)N[C@H](C)c3ccccc3)CC2=O)cc1OC. The minimum atomic E-state index is -0.794. The van der Waals surface area contributed by atoms with E-state index in [2.05, 4.69) is 10.7 Å². The molecule has 3 amide bonds. The molecule has 0 spiro atoms. The lowest BCUT2D eigenvalue weighted by atomic mass is 10.1. The van der Waals surface area contributed by atoms with Crippen LogP contribution in [0.5, 0.6) is 11.5 Å². The number of carbonyl (C=O) groups excluding carboxylic acids is 4. The predicted octanol–water partition coefficient (Wildman–Crippen LogP) is 1.62. The van der Waals surface area contributed by atoms with Crippen LogP contribution in [-0.2, 0) is 19.1 Å². The molecule has 0 aliphatic carbocycles. The molecule has 1 fully saturated rings. The first-order valence-electron chi connectivity index (χ1n) is 10.7. The molecule has 2 aromatic carbocycles. The van der Waals surface area contributed by atoms with Gasteiger partial charge in [0.1, 0.15) is 0 Å². The van der Waals surface area contributed by atoms with Gasteiger partial charge in [-0.1, -0.05) is 30.3 Å². The molecule has 1 aliphatic rings. The van der Waals surface area contributed by atoms with Gasteiger partial charge in [0.2, 0.25) is 5.91 Å². The first-order chi connectivity index (χ1) is 16.3. The standard InChI is InChI=1S/C24H27N3O7/c1-15(16-7-5-4-6-8-16)25-21(28)14-34-24(31)18-12-22(29)27(13-18)26-23(30)17-9-10-19(32-2)20(11-17)33-3/h4-11,15,18H,12-14H2,1-3H3,(H,25,28)(H,26,30)/t15-,18+/m1/s1. The van der Waals surface area contributed by atoms with Crippen LogP contribution in [0.3, 0.4) is 0 Å². The molecule has 0 bridgehead atoms. The molecule has 3 rings (SSSR count). The van der Waals surface area contributed by atoms with Crippen molar-refractivity contribution in [2.45, 2.75) is 19.4 Å². The van der Waals surface area contributed by atoms with Crippen molar-refractivity contribution in [1.29, 1.82) is 0 Å². The summed E-state index contributed by atoms with van der Waals surface area (Å²) in [5, 5.41) is 3.82. The first-order valence-corrected chi connectivity index (χ1v) is 10.7. The van der Waals surface area contributed by atoms with E-state index < -0.39 is 36.2 Å². The van der Waals surface area contributed by atoms with Crippen molar-refractivity contribution >= 4 is 23.7 Å². The van der Waals surface area contributed by atoms with Crippen LogP contribution in [0.15, 0.2) is 48.5 Å². The van der Waals surface area contributed by atoms with E-state index in [0.717, 1.165) is 10.6 Å². The fourth-order valence-corrected chi connectivity index (χ4v) is 3.50. The Hall–Kier alpha value is -4.08. The van der Waals surface area contributed by atoms with Gasteiger partial charge in [-0.2, -0.15) is 0 Å². The maximum atomic E-state index is 12.6. The van der Waals surface area contributed by atoms with Crippen molar-refractivity contribution in [3.63, 3.8) is 0 Å². The van der Waals surface area contributed by atoms with Crippen LogP contribution in [0, 0.1) is 5.92 Å². The van der Waals surface area contributed by atoms with Gasteiger partial charge in [-0.05, 0) is 30.7 Å². The molecule has 0 aromatic heterocycles. The monoisotopic (exact) mass is 469 g/mol. The fourth-order valence-electron chi connectivity index (χ4n) is 3.50. The van der Waals surface area contributed by atoms with Gasteiger partial charge in [-0.15, -0.1) is 0 Å². The number of ether oxygens (including phenoxy) is 3. The van der Waals surface area contributed by atoms with E-state index in [0.29, 0.717) is 11.5 Å². The zero-order chi connectivity index (χ0) is 24.7. The van der Waals surface area contributed by atoms with E-state index in [1.807, 2.05) is 37.3 Å². The number of amides is 3. The molecule has 2 atom stereocenters. The maximum Gasteiger partial charge on any atom is 0.311 e. The van der Waals surface area contributed by atoms with Gasteiger partial charge in [0.25, 0.3) is 11.8 Å². The molecule has 0 radical (unpaired) electrons. The molecule has 10 heteroatoms. The maximum absolute atomic E-state index is 12.6. The van der Waals surface area contributed by atoms with Gasteiger partial charge in [-0.3, -0.25) is 29.6 Å². The quantitative estimate of drug-likeness (QED) is 0.535. The molecule has 0 saturated carbocycles. The Morgan fingerprint density at radius 2 is 1.76 bits per heavy atom. The third kappa shape index (κ3) is 6.03. The zero-order valence-electron chi connectivity index (χ0n) is 19.2. The number of rotatable bonds is 9. The van der Waals surface area contributed by atoms with Crippen molar-refractivity contribution in [3.05, 3.63) is 59.7 Å². The van der Waals surface area contributed by atoms with Crippen LogP contribution in [0.2, 0.25) is 0 Å². The highest BCUT2D eigenvalue weighted by Crippen LogP contribution is 2.27. The minimum absolute atomic E-state index is 0.0568. The van der Waals surface area contributed by atoms with Crippen molar-refractivity contribution < 1.29 is 33.4 Å². The highest BCUT2D eigenvalue weighted by molar-refractivity contribution is 5.97. The van der Waals surface area contributed by atoms with Crippen molar-refractivity contribution in [1.82, 2.24) is 15.8 Å². The molecule has 1 heterocycles. The Kier molecular flexibility index (Phi) is 8.07. The fraction of sp³-hybridized carbons (Fsp3) is 0.333. The summed E-state index contributed by atoms with van der Waals surface area (Å²) in [6, 6.07) is 13.7. The first kappa shape index (κ1) is 24.6. The molecule has 10 nitrogen and oxygen atoms in total. The molecule has 1 aliphatic heterocycles. The van der Waals surface area contributed by atoms with E-state index in [4.69, 9.17) is 14.2 Å². The summed E-state index contributed by atoms with van der Waals surface area (Å²) in [4.78, 5) is 49.4. The summed E-state index contributed by atoms with van der Waals surface area (Å²) < 4.78 is 15.4. The zero-order valence-corrected chi connectivity index (χ0v) is 19.2. The van der Waals surface area contributed by atoms with E-state index in [1.165, 1.54) is 26.4 Å². The Balaban J connectivity index is 1.49. The van der Waals surface area contributed by atoms with Crippen LogP contribution in [-0.4, -0.2) is 56.1 Å². The average molecular weight is 469 g/mol. The highest BCUT2D eigenvalue weighted by Gasteiger charge is 2.37. The number of hydrazine groups is 1. The van der Waals surface area contributed by atoms with Crippen molar-refractivity contribution in [3.8, 4) is 11.5 Å². The molecule has 0 unspecified atom stereocenters. The summed E-state index contributed by atoms with van der Waals surface area (Å²) in [6.07, 6.45) is -0.132. The highest BCUT2D eigenvalue weighted by atomic mass is 16.5. The van der Waals surface area contributed by atoms with E-state index in [9.17, 15) is 19.2 Å². The molecule has 2 aromatic rings. The Morgan fingerprint density at radius 1 is 1.06 bits per heavy atom. The Morgan fingerprint density at radius 3 is 2.44 bits per heavy atom. The predicted molar refractivity (Wildman–Crippen MR) is 121 cm³/mol. The molecular formula is C24H27N3O7. The minimum Gasteiger partial charge on any atom is -0.493 e. The largest absolute Gasteiger partial charge is 0.493 e. The molecule has 2 N–H and O–H groups in total. The average Bonchev–Trinajstić information content (AvgIpc) is 3.22. The number of hydrogen-bond acceptors (Lipinski definition) is 7. The molecule has 1 saturated heterocycles. The van der Waals surface area contributed by atoms with Crippen LogP contribution >= 0.6 is 0 Å². The number of nitrogens with zero attached hydrogens (tertiary/aromatic N) is 1. The second-order valence-electron chi connectivity index (χ2n) is 7.72. The normalized spacial score (nSPS) is 15.9. The third-order valence-corrected chi connectivity index (χ3v) is 5.36.